The fourth-order valence-corrected chi connectivity index (χ4v) is 4.60. The van der Waals surface area contributed by atoms with Crippen LogP contribution in [-0.4, -0.2) is 59.2 Å². The van der Waals surface area contributed by atoms with Crippen molar-refractivity contribution < 1.29 is 8.42 Å². The summed E-state index contributed by atoms with van der Waals surface area (Å²) in [5.41, 5.74) is 0. The van der Waals surface area contributed by atoms with E-state index in [2.05, 4.69) is 14.9 Å². The molecular weight excluding hydrogens is 338 g/mol. The molecule has 3 heterocycles. The van der Waals surface area contributed by atoms with E-state index in [0.29, 0.717) is 38.4 Å². The van der Waals surface area contributed by atoms with Crippen LogP contribution in [-0.2, 0) is 10.0 Å². The van der Waals surface area contributed by atoms with Crippen LogP contribution in [0.15, 0.2) is 30.6 Å². The lowest BCUT2D eigenvalue weighted by molar-refractivity contribution is 0.383. The summed E-state index contributed by atoms with van der Waals surface area (Å²) in [7, 11) is -3.13. The summed E-state index contributed by atoms with van der Waals surface area (Å²) < 4.78 is 28.2. The monoisotopic (exact) mass is 363 g/mol. The predicted octanol–water partition coefficient (Wildman–Crippen LogP) is 1.83. The Morgan fingerprint density at radius 2 is 1.68 bits per heavy atom. The molecule has 0 atom stereocenters. The molecule has 1 saturated heterocycles. The fraction of sp³-hybridized carbons (Fsp3) is 0.529. The number of rotatable bonds is 6. The van der Waals surface area contributed by atoms with Crippen LogP contribution >= 0.6 is 0 Å². The number of hydrogen-bond acceptors (Lipinski definition) is 5. The molecule has 0 aromatic carbocycles. The van der Waals surface area contributed by atoms with Gasteiger partial charge in [0.2, 0.25) is 10.0 Å². The van der Waals surface area contributed by atoms with Crippen molar-refractivity contribution in [2.45, 2.75) is 26.7 Å². The summed E-state index contributed by atoms with van der Waals surface area (Å²) in [6.45, 7) is 6.19. The van der Waals surface area contributed by atoms with Crippen molar-refractivity contribution in [1.82, 2.24) is 18.8 Å². The zero-order valence-electron chi connectivity index (χ0n) is 14.8. The Balaban J connectivity index is 1.71. The number of sulfonamides is 1. The van der Waals surface area contributed by atoms with Crippen LogP contribution in [0, 0.1) is 6.92 Å². The smallest absolute Gasteiger partial charge is 0.214 e. The third kappa shape index (κ3) is 4.19. The SMILES string of the molecule is CCCCS(=O)(=O)N1CCN(c2cc(-n3cccc3)nc(C)n2)CC1. The first-order valence-electron chi connectivity index (χ1n) is 8.71. The molecule has 136 valence electrons. The van der Waals surface area contributed by atoms with Crippen molar-refractivity contribution in [2.75, 3.05) is 36.8 Å². The summed E-state index contributed by atoms with van der Waals surface area (Å²) in [6.07, 6.45) is 5.50. The zero-order chi connectivity index (χ0) is 17.9. The van der Waals surface area contributed by atoms with Crippen molar-refractivity contribution >= 4 is 15.8 Å². The Morgan fingerprint density at radius 3 is 2.32 bits per heavy atom. The summed E-state index contributed by atoms with van der Waals surface area (Å²) in [5, 5.41) is 0. The van der Waals surface area contributed by atoms with Crippen molar-refractivity contribution in [2.24, 2.45) is 0 Å². The molecule has 2 aromatic heterocycles. The highest BCUT2D eigenvalue weighted by Gasteiger charge is 2.27. The van der Waals surface area contributed by atoms with E-state index in [-0.39, 0.29) is 5.75 Å². The molecule has 25 heavy (non-hydrogen) atoms. The van der Waals surface area contributed by atoms with Gasteiger partial charge in [0.25, 0.3) is 0 Å². The normalized spacial score (nSPS) is 16.3. The Kier molecular flexibility index (Phi) is 5.39. The van der Waals surface area contributed by atoms with Gasteiger partial charge >= 0.3 is 0 Å². The van der Waals surface area contributed by atoms with Crippen molar-refractivity contribution in [3.63, 3.8) is 0 Å². The van der Waals surface area contributed by atoms with Crippen LogP contribution in [0.1, 0.15) is 25.6 Å². The molecule has 0 amide bonds. The lowest BCUT2D eigenvalue weighted by Crippen LogP contribution is -2.49. The second-order valence-corrected chi connectivity index (χ2v) is 8.37. The largest absolute Gasteiger partial charge is 0.354 e. The summed E-state index contributed by atoms with van der Waals surface area (Å²) >= 11 is 0. The quantitative estimate of drug-likeness (QED) is 0.783. The molecule has 0 aliphatic carbocycles. The Bertz CT molecular complexity index is 796. The molecule has 0 radical (unpaired) electrons. The molecule has 0 spiro atoms. The minimum Gasteiger partial charge on any atom is -0.354 e. The summed E-state index contributed by atoms with van der Waals surface area (Å²) in [6, 6.07) is 5.86. The van der Waals surface area contributed by atoms with E-state index >= 15 is 0 Å². The van der Waals surface area contributed by atoms with Crippen LogP contribution in [0.2, 0.25) is 0 Å². The first kappa shape index (κ1) is 17.9. The van der Waals surface area contributed by atoms with E-state index < -0.39 is 10.0 Å². The third-order valence-corrected chi connectivity index (χ3v) is 6.35. The second kappa shape index (κ2) is 7.53. The lowest BCUT2D eigenvalue weighted by Gasteiger charge is -2.34. The van der Waals surface area contributed by atoms with Gasteiger partial charge in [-0.25, -0.2) is 18.4 Å². The third-order valence-electron chi connectivity index (χ3n) is 4.39. The van der Waals surface area contributed by atoms with Crippen molar-refractivity contribution in [3.05, 3.63) is 36.4 Å². The number of unbranched alkanes of at least 4 members (excludes halogenated alkanes) is 1. The van der Waals surface area contributed by atoms with Crippen LogP contribution in [0.25, 0.3) is 5.82 Å². The molecule has 2 aromatic rings. The number of anilines is 1. The van der Waals surface area contributed by atoms with Gasteiger partial charge in [0, 0.05) is 44.6 Å². The van der Waals surface area contributed by atoms with Gasteiger partial charge in [-0.3, -0.25) is 0 Å². The Morgan fingerprint density at radius 1 is 1.04 bits per heavy atom. The molecule has 0 unspecified atom stereocenters. The molecule has 1 fully saturated rings. The van der Waals surface area contributed by atoms with E-state index in [1.54, 1.807) is 4.31 Å². The fourth-order valence-electron chi connectivity index (χ4n) is 2.97. The van der Waals surface area contributed by atoms with Gasteiger partial charge in [0.15, 0.2) is 0 Å². The molecule has 1 aliphatic heterocycles. The molecule has 1 aliphatic rings. The number of aryl methyl sites for hydroxylation is 1. The van der Waals surface area contributed by atoms with Gasteiger partial charge in [-0.15, -0.1) is 0 Å². The maximum atomic E-state index is 12.3. The van der Waals surface area contributed by atoms with Gasteiger partial charge in [-0.05, 0) is 25.5 Å². The van der Waals surface area contributed by atoms with E-state index in [0.717, 1.165) is 18.1 Å². The average Bonchev–Trinajstić information content (AvgIpc) is 3.14. The van der Waals surface area contributed by atoms with Gasteiger partial charge in [-0.1, -0.05) is 13.3 Å². The van der Waals surface area contributed by atoms with E-state index in [4.69, 9.17) is 0 Å². The van der Waals surface area contributed by atoms with Crippen LogP contribution < -0.4 is 4.90 Å². The van der Waals surface area contributed by atoms with E-state index in [9.17, 15) is 8.42 Å². The van der Waals surface area contributed by atoms with Gasteiger partial charge in [-0.2, -0.15) is 4.31 Å². The Labute approximate surface area is 149 Å². The highest BCUT2D eigenvalue weighted by Crippen LogP contribution is 2.19. The Hall–Kier alpha value is -1.93. The van der Waals surface area contributed by atoms with Crippen LogP contribution in [0.5, 0.6) is 0 Å². The molecule has 8 heteroatoms. The predicted molar refractivity (Wildman–Crippen MR) is 98.6 cm³/mol. The molecule has 0 bridgehead atoms. The van der Waals surface area contributed by atoms with Gasteiger partial charge < -0.3 is 9.47 Å². The van der Waals surface area contributed by atoms with E-state index in [1.165, 1.54) is 0 Å². The average molecular weight is 363 g/mol. The maximum absolute atomic E-state index is 12.3. The minimum atomic E-state index is -3.13. The summed E-state index contributed by atoms with van der Waals surface area (Å²) in [4.78, 5) is 11.1. The highest BCUT2D eigenvalue weighted by atomic mass is 32.2. The molecular formula is C17H25N5O2S. The van der Waals surface area contributed by atoms with Gasteiger partial charge in [0.1, 0.15) is 17.5 Å². The first-order chi connectivity index (χ1) is 12.0. The molecule has 3 rings (SSSR count). The molecule has 7 nitrogen and oxygen atoms in total. The summed E-state index contributed by atoms with van der Waals surface area (Å²) in [5.74, 6) is 2.62. The number of nitrogens with zero attached hydrogens (tertiary/aromatic N) is 5. The highest BCUT2D eigenvalue weighted by molar-refractivity contribution is 7.89. The van der Waals surface area contributed by atoms with Crippen LogP contribution in [0.3, 0.4) is 0 Å². The van der Waals surface area contributed by atoms with Crippen LogP contribution in [0.4, 0.5) is 5.82 Å². The van der Waals surface area contributed by atoms with E-state index in [1.807, 2.05) is 49.0 Å². The minimum absolute atomic E-state index is 0.244. The van der Waals surface area contributed by atoms with Crippen molar-refractivity contribution in [1.29, 1.82) is 0 Å². The maximum Gasteiger partial charge on any atom is 0.214 e. The second-order valence-electron chi connectivity index (χ2n) is 6.28. The molecule has 0 N–H and O–H groups in total. The topological polar surface area (TPSA) is 71.3 Å². The van der Waals surface area contributed by atoms with Gasteiger partial charge in [0.05, 0.1) is 5.75 Å². The number of aromatic nitrogens is 3. The lowest BCUT2D eigenvalue weighted by atomic mass is 10.3. The zero-order valence-corrected chi connectivity index (χ0v) is 15.6. The van der Waals surface area contributed by atoms with Crippen molar-refractivity contribution in [3.8, 4) is 5.82 Å². The number of piperazine rings is 1. The molecule has 0 saturated carbocycles. The number of hydrogen-bond donors (Lipinski definition) is 0. The standard InChI is InChI=1S/C17H25N5O2S/c1-3-4-13-25(23,24)22-11-9-21(10-12-22)17-14-16(18-15(2)19-17)20-7-5-6-8-20/h5-8,14H,3-4,9-13H2,1-2H3. The first-order valence-corrected chi connectivity index (χ1v) is 10.3.